The molecule has 0 aliphatic rings. The van der Waals surface area contributed by atoms with Crippen LogP contribution in [0.15, 0.2) is 0 Å². The van der Waals surface area contributed by atoms with E-state index >= 15 is 0 Å². The molecule has 0 aliphatic heterocycles. The zero-order valence-corrected chi connectivity index (χ0v) is 52.4. The molecule has 0 rings (SSSR count). The molecular formula is C33H98O20Si8. The van der Waals surface area contributed by atoms with Gasteiger partial charge in [-0.05, 0) is 88.5 Å². The van der Waals surface area contributed by atoms with Gasteiger partial charge in [0.05, 0.1) is 0 Å². The Labute approximate surface area is 388 Å². The molecule has 1 unspecified atom stereocenters. The first-order valence-electron chi connectivity index (χ1n) is 20.5. The van der Waals surface area contributed by atoms with Crippen LogP contribution in [0.3, 0.4) is 0 Å². The van der Waals surface area contributed by atoms with Gasteiger partial charge in [-0.25, -0.2) is 0 Å². The van der Waals surface area contributed by atoms with Gasteiger partial charge in [-0.15, -0.1) is 0 Å². The SMILES string of the molecule is CCO[SiH](C)OC.CCO[SiH](C)OCC.CCO[SiH](OC)OC.CCO[SiH](OC)OCC.CCO[SiH](OCC)OCC.CO[SiH](C)OC.CO[SiH](C)OC.CO[SiH](OC)OC. The molecule has 20 nitrogen and oxygen atoms in total. The van der Waals surface area contributed by atoms with Crippen molar-refractivity contribution in [1.29, 1.82) is 0 Å². The van der Waals surface area contributed by atoms with Crippen LogP contribution >= 0.6 is 0 Å². The molecule has 0 radical (unpaired) electrons. The predicted molar refractivity (Wildman–Crippen MR) is 262 cm³/mol. The maximum atomic E-state index is 5.22. The van der Waals surface area contributed by atoms with Crippen LogP contribution in [0, 0.1) is 0 Å². The molecule has 0 aromatic heterocycles. The maximum absolute atomic E-state index is 5.22. The molecule has 0 aromatic rings. The smallest absolute Gasteiger partial charge is 0.400 e. The Kier molecular flexibility index (Phi) is 97.5. The van der Waals surface area contributed by atoms with Crippen molar-refractivity contribution in [3.63, 3.8) is 0 Å². The van der Waals surface area contributed by atoms with Gasteiger partial charge in [0.25, 0.3) is 0 Å². The van der Waals surface area contributed by atoms with E-state index in [0.717, 1.165) is 19.8 Å². The summed E-state index contributed by atoms with van der Waals surface area (Å²) >= 11 is 0. The Hall–Kier alpha value is 0.935. The van der Waals surface area contributed by atoms with Gasteiger partial charge in [-0.3, -0.25) is 0 Å². The maximum Gasteiger partial charge on any atom is 0.484 e. The van der Waals surface area contributed by atoms with Crippen molar-refractivity contribution in [2.75, 3.05) is 138 Å². The lowest BCUT2D eigenvalue weighted by molar-refractivity contribution is 0.107. The molecule has 0 N–H and O–H groups in total. The van der Waals surface area contributed by atoms with E-state index < -0.39 is 75.2 Å². The summed E-state index contributed by atoms with van der Waals surface area (Å²) in [5.74, 6) is 0. The highest BCUT2D eigenvalue weighted by Crippen LogP contribution is 1.92. The molecule has 1 atom stereocenters. The zero-order valence-electron chi connectivity index (χ0n) is 43.1. The van der Waals surface area contributed by atoms with Gasteiger partial charge in [-0.2, -0.15) is 0 Å². The van der Waals surface area contributed by atoms with Crippen molar-refractivity contribution in [3.05, 3.63) is 0 Å². The van der Waals surface area contributed by atoms with E-state index in [1.54, 1.807) is 78.2 Å². The Morgan fingerprint density at radius 1 is 0.197 bits per heavy atom. The van der Waals surface area contributed by atoms with Crippen LogP contribution in [0.2, 0.25) is 26.2 Å². The summed E-state index contributed by atoms with van der Waals surface area (Å²) in [5, 5.41) is 0. The molecule has 0 bridgehead atoms. The highest BCUT2D eigenvalue weighted by Gasteiger charge is 2.11. The van der Waals surface area contributed by atoms with Crippen LogP contribution in [-0.2, 0) is 88.5 Å². The van der Waals surface area contributed by atoms with Gasteiger partial charge >= 0.3 is 75.2 Å². The molecule has 0 saturated carbocycles. The van der Waals surface area contributed by atoms with Gasteiger partial charge in [0.2, 0.25) is 0 Å². The number of hydrogen-bond donors (Lipinski definition) is 0. The molecule has 0 aliphatic carbocycles. The van der Waals surface area contributed by atoms with Crippen LogP contribution in [0.25, 0.3) is 0 Å². The van der Waals surface area contributed by atoms with Crippen LogP contribution < -0.4 is 0 Å². The summed E-state index contributed by atoms with van der Waals surface area (Å²) in [6, 6.07) is 0. The quantitative estimate of drug-likeness (QED) is 0.0996. The average molecular weight is 1040 g/mol. The fraction of sp³-hybridized carbons (Fsp3) is 1.00. The van der Waals surface area contributed by atoms with E-state index in [0.29, 0.717) is 39.6 Å². The van der Waals surface area contributed by atoms with E-state index in [4.69, 9.17) is 88.5 Å². The summed E-state index contributed by atoms with van der Waals surface area (Å²) in [4.78, 5) is 0. The molecule has 0 heterocycles. The van der Waals surface area contributed by atoms with Gasteiger partial charge in [0.15, 0.2) is 0 Å². The molecular weight excluding hydrogens is 941 g/mol. The number of rotatable bonds is 29. The van der Waals surface area contributed by atoms with Crippen LogP contribution in [0.4, 0.5) is 0 Å². The van der Waals surface area contributed by atoms with E-state index in [9.17, 15) is 0 Å². The second kappa shape index (κ2) is 75.2. The first-order valence-corrected chi connectivity index (χ1v) is 34.5. The van der Waals surface area contributed by atoms with Crippen molar-refractivity contribution in [2.24, 2.45) is 0 Å². The minimum atomic E-state index is -1.73. The molecule has 0 spiro atoms. The second-order valence-electron chi connectivity index (χ2n) is 10.1. The monoisotopic (exact) mass is 1040 g/mol. The van der Waals surface area contributed by atoms with Gasteiger partial charge in [0.1, 0.15) is 0 Å². The van der Waals surface area contributed by atoms with Gasteiger partial charge < -0.3 is 88.5 Å². The van der Waals surface area contributed by atoms with Crippen molar-refractivity contribution in [2.45, 2.75) is 88.5 Å². The summed E-state index contributed by atoms with van der Waals surface area (Å²) in [6.45, 7) is 31.9. The first kappa shape index (κ1) is 79.1. The molecule has 0 saturated heterocycles. The average Bonchev–Trinajstić information content (AvgIpc) is 3.27. The topological polar surface area (TPSA) is 185 Å². The number of hydrogen-bond acceptors (Lipinski definition) is 20. The van der Waals surface area contributed by atoms with E-state index in [-0.39, 0.29) is 0 Å². The van der Waals surface area contributed by atoms with Gasteiger partial charge in [-0.1, -0.05) is 0 Å². The highest BCUT2D eigenvalue weighted by atomic mass is 28.3. The largest absolute Gasteiger partial charge is 0.484 e. The third-order valence-corrected chi connectivity index (χ3v) is 17.5. The van der Waals surface area contributed by atoms with Crippen molar-refractivity contribution in [3.8, 4) is 0 Å². The Morgan fingerprint density at radius 2 is 0.393 bits per heavy atom. The summed E-state index contributed by atoms with van der Waals surface area (Å²) in [5.41, 5.74) is 0. The third-order valence-electron chi connectivity index (χ3n) is 5.83. The lowest BCUT2D eigenvalue weighted by atomic mass is 10.9. The standard InChI is InChI=1S/C6H16O3Si.C5H14O3Si.C5H14O2Si.C4H12O3Si.C4H12O2Si.C3H10O3Si.2C3H10O2Si/c1-4-7-10(8-5-2)9-6-3;1-4-7-9(6-3)8-5-2;1-4-6-8(3)7-5-2;1-4-7-8(5-2)6-3;1-4-6-7(3)5-2;1-4-7(5-2)6-3;2*1-4-6(3)5-2/h10H,4-6H2,1-3H3;9H,4-5H2,1-3H3;8H,4-5H2,1-3H3;8H,4H2,1-3H3;7H,4H2,1-3H3;7H,1-3H3;2*6H,1-3H3. The summed E-state index contributed by atoms with van der Waals surface area (Å²) in [7, 11) is 6.36. The molecule has 0 fully saturated rings. The minimum Gasteiger partial charge on any atom is -0.400 e. The fourth-order valence-electron chi connectivity index (χ4n) is 2.68. The van der Waals surface area contributed by atoms with E-state index in [1.165, 1.54) is 0 Å². The van der Waals surface area contributed by atoms with Crippen LogP contribution in [-0.4, -0.2) is 213 Å². The normalized spacial score (nSPS) is 10.9. The van der Waals surface area contributed by atoms with E-state index in [1.807, 2.05) is 88.5 Å². The van der Waals surface area contributed by atoms with Crippen molar-refractivity contribution < 1.29 is 88.5 Å². The van der Waals surface area contributed by atoms with Crippen LogP contribution in [0.5, 0.6) is 0 Å². The van der Waals surface area contributed by atoms with Crippen molar-refractivity contribution in [1.82, 2.24) is 0 Å². The second-order valence-corrected chi connectivity index (χ2v) is 25.2. The molecule has 0 aromatic carbocycles. The highest BCUT2D eigenvalue weighted by molar-refractivity contribution is 6.43. The molecule has 382 valence electrons. The first-order chi connectivity index (χ1) is 29.1. The van der Waals surface area contributed by atoms with Crippen LogP contribution in [0.1, 0.15) is 62.3 Å². The fourth-order valence-corrected chi connectivity index (χ4v) is 8.04. The Balaban J connectivity index is -0.0000000882. The molecule has 61 heavy (non-hydrogen) atoms. The minimum absolute atomic E-state index is 0.665. The van der Waals surface area contributed by atoms with Crippen molar-refractivity contribution >= 4 is 75.2 Å². The summed E-state index contributed by atoms with van der Waals surface area (Å²) < 4.78 is 99.4. The Morgan fingerprint density at radius 3 is 0.525 bits per heavy atom. The van der Waals surface area contributed by atoms with Gasteiger partial charge in [0, 0.05) is 138 Å². The lowest BCUT2D eigenvalue weighted by Crippen LogP contribution is -2.27. The summed E-state index contributed by atoms with van der Waals surface area (Å²) in [6.07, 6.45) is 0. The lowest BCUT2D eigenvalue weighted by Gasteiger charge is -2.12. The van der Waals surface area contributed by atoms with E-state index in [2.05, 4.69) is 0 Å². The molecule has 28 heteroatoms. The Bertz CT molecular complexity index is 634. The zero-order chi connectivity index (χ0) is 49.1. The predicted octanol–water partition coefficient (Wildman–Crippen LogP) is 2.60. The third kappa shape index (κ3) is 84.9. The molecule has 0 amide bonds.